The molecule has 1 aromatic heterocycles. The summed E-state index contributed by atoms with van der Waals surface area (Å²) in [5.74, 6) is 1.36. The van der Waals surface area contributed by atoms with Gasteiger partial charge in [0.2, 0.25) is 5.88 Å². The van der Waals surface area contributed by atoms with Crippen LogP contribution in [0.1, 0.15) is 11.3 Å². The van der Waals surface area contributed by atoms with Gasteiger partial charge in [-0.1, -0.05) is 18.2 Å². The molecular formula is C13H15N3O. The molecule has 0 bridgehead atoms. The lowest BCUT2D eigenvalue weighted by atomic mass is 10.2. The summed E-state index contributed by atoms with van der Waals surface area (Å²) >= 11 is 0. The number of aromatic nitrogens is 2. The van der Waals surface area contributed by atoms with Gasteiger partial charge in [0.1, 0.15) is 5.75 Å². The van der Waals surface area contributed by atoms with E-state index < -0.39 is 0 Å². The Morgan fingerprint density at radius 2 is 1.94 bits per heavy atom. The highest BCUT2D eigenvalue weighted by Gasteiger charge is 2.06. The van der Waals surface area contributed by atoms with E-state index in [0.29, 0.717) is 5.88 Å². The number of para-hydroxylation sites is 1. The van der Waals surface area contributed by atoms with Crippen molar-refractivity contribution in [3.05, 3.63) is 47.9 Å². The quantitative estimate of drug-likeness (QED) is 0.873. The third kappa shape index (κ3) is 2.79. The molecule has 0 aliphatic carbocycles. The van der Waals surface area contributed by atoms with Crippen molar-refractivity contribution < 1.29 is 4.74 Å². The molecule has 4 heteroatoms. The van der Waals surface area contributed by atoms with Crippen LogP contribution in [-0.4, -0.2) is 17.0 Å². The average molecular weight is 229 g/mol. The molecule has 17 heavy (non-hydrogen) atoms. The molecular weight excluding hydrogens is 214 g/mol. The van der Waals surface area contributed by atoms with E-state index in [0.717, 1.165) is 23.6 Å². The fourth-order valence-corrected chi connectivity index (χ4v) is 1.54. The maximum Gasteiger partial charge on any atom is 0.240 e. The molecule has 1 aromatic carbocycles. The van der Waals surface area contributed by atoms with Crippen LogP contribution in [0.5, 0.6) is 11.6 Å². The zero-order valence-corrected chi connectivity index (χ0v) is 9.97. The summed E-state index contributed by atoms with van der Waals surface area (Å²) in [6.45, 7) is 2.64. The largest absolute Gasteiger partial charge is 0.437 e. The van der Waals surface area contributed by atoms with Gasteiger partial charge in [0.15, 0.2) is 0 Å². The van der Waals surface area contributed by atoms with E-state index in [1.807, 2.05) is 38.2 Å². The lowest BCUT2D eigenvalue weighted by Crippen LogP contribution is -2.06. The smallest absolute Gasteiger partial charge is 0.240 e. The van der Waals surface area contributed by atoms with Gasteiger partial charge in [-0.05, 0) is 20.0 Å². The second kappa shape index (κ2) is 5.41. The van der Waals surface area contributed by atoms with Gasteiger partial charge >= 0.3 is 0 Å². The molecule has 0 aliphatic rings. The third-order valence-electron chi connectivity index (χ3n) is 2.38. The molecule has 1 N–H and O–H groups in total. The van der Waals surface area contributed by atoms with Crippen LogP contribution in [0.3, 0.4) is 0 Å². The van der Waals surface area contributed by atoms with Crippen LogP contribution in [0, 0.1) is 6.92 Å². The molecule has 0 spiro atoms. The Labute approximate surface area is 101 Å². The third-order valence-corrected chi connectivity index (χ3v) is 2.38. The van der Waals surface area contributed by atoms with Gasteiger partial charge in [-0.15, -0.1) is 0 Å². The normalized spacial score (nSPS) is 10.2. The Kier molecular flexibility index (Phi) is 3.67. The van der Waals surface area contributed by atoms with Gasteiger partial charge in [0.05, 0.1) is 5.69 Å². The van der Waals surface area contributed by atoms with Crippen molar-refractivity contribution in [2.24, 2.45) is 0 Å². The average Bonchev–Trinajstić information content (AvgIpc) is 2.35. The first-order valence-corrected chi connectivity index (χ1v) is 5.49. The van der Waals surface area contributed by atoms with Crippen molar-refractivity contribution in [1.82, 2.24) is 15.3 Å². The highest BCUT2D eigenvalue weighted by molar-refractivity contribution is 5.36. The maximum absolute atomic E-state index is 5.78. The van der Waals surface area contributed by atoms with Crippen LogP contribution in [0.15, 0.2) is 36.7 Å². The molecule has 2 rings (SSSR count). The molecule has 0 saturated carbocycles. The number of nitrogens with zero attached hydrogens (tertiary/aromatic N) is 2. The standard InChI is InChI=1S/C13H15N3O/c1-10-13(16-8-7-15-10)17-12-6-4-3-5-11(12)9-14-2/h3-8,14H,9H2,1-2H3. The van der Waals surface area contributed by atoms with E-state index in [1.165, 1.54) is 0 Å². The Hall–Kier alpha value is -1.94. The number of rotatable bonds is 4. The minimum atomic E-state index is 0.552. The molecule has 0 unspecified atom stereocenters. The van der Waals surface area contributed by atoms with Gasteiger partial charge in [-0.25, -0.2) is 4.98 Å². The molecule has 0 fully saturated rings. The van der Waals surface area contributed by atoms with E-state index >= 15 is 0 Å². The number of benzene rings is 1. The van der Waals surface area contributed by atoms with Crippen LogP contribution < -0.4 is 10.1 Å². The Morgan fingerprint density at radius 1 is 1.18 bits per heavy atom. The zero-order valence-electron chi connectivity index (χ0n) is 9.97. The number of nitrogens with one attached hydrogen (secondary N) is 1. The SMILES string of the molecule is CNCc1ccccc1Oc1nccnc1C. The summed E-state index contributed by atoms with van der Waals surface area (Å²) in [5, 5.41) is 3.11. The molecule has 0 saturated heterocycles. The van der Waals surface area contributed by atoms with Crippen molar-refractivity contribution in [2.45, 2.75) is 13.5 Å². The fourth-order valence-electron chi connectivity index (χ4n) is 1.54. The molecule has 0 radical (unpaired) electrons. The van der Waals surface area contributed by atoms with E-state index in [9.17, 15) is 0 Å². The van der Waals surface area contributed by atoms with Crippen LogP contribution in [0.2, 0.25) is 0 Å². The van der Waals surface area contributed by atoms with Gasteiger partial charge in [-0.3, -0.25) is 4.98 Å². The van der Waals surface area contributed by atoms with E-state index in [1.54, 1.807) is 12.4 Å². The van der Waals surface area contributed by atoms with Crippen molar-refractivity contribution in [1.29, 1.82) is 0 Å². The first-order chi connectivity index (χ1) is 8.31. The number of aryl methyl sites for hydroxylation is 1. The van der Waals surface area contributed by atoms with Gasteiger partial charge < -0.3 is 10.1 Å². The Balaban J connectivity index is 2.27. The first kappa shape index (κ1) is 11.5. The van der Waals surface area contributed by atoms with Gasteiger partial charge in [-0.2, -0.15) is 0 Å². The summed E-state index contributed by atoms with van der Waals surface area (Å²) in [5.41, 5.74) is 1.88. The minimum Gasteiger partial charge on any atom is -0.437 e. The Morgan fingerprint density at radius 3 is 2.71 bits per heavy atom. The van der Waals surface area contributed by atoms with Gasteiger partial charge in [0, 0.05) is 24.5 Å². The zero-order chi connectivity index (χ0) is 12.1. The summed E-state index contributed by atoms with van der Waals surface area (Å²) in [4.78, 5) is 8.32. The molecule has 2 aromatic rings. The molecule has 0 amide bonds. The maximum atomic E-state index is 5.78. The molecule has 0 atom stereocenters. The van der Waals surface area contributed by atoms with E-state index in [2.05, 4.69) is 15.3 Å². The molecule has 1 heterocycles. The molecule has 4 nitrogen and oxygen atoms in total. The van der Waals surface area contributed by atoms with Crippen LogP contribution >= 0.6 is 0 Å². The topological polar surface area (TPSA) is 47.0 Å². The van der Waals surface area contributed by atoms with Crippen LogP contribution in [0.4, 0.5) is 0 Å². The summed E-state index contributed by atoms with van der Waals surface area (Å²) in [7, 11) is 1.91. The monoisotopic (exact) mass is 229 g/mol. The summed E-state index contributed by atoms with van der Waals surface area (Å²) in [6, 6.07) is 7.89. The summed E-state index contributed by atoms with van der Waals surface area (Å²) < 4.78 is 5.78. The van der Waals surface area contributed by atoms with Gasteiger partial charge in [0.25, 0.3) is 0 Å². The minimum absolute atomic E-state index is 0.552. The van der Waals surface area contributed by atoms with Crippen LogP contribution in [-0.2, 0) is 6.54 Å². The number of hydrogen-bond donors (Lipinski definition) is 1. The number of ether oxygens (including phenoxy) is 1. The highest BCUT2D eigenvalue weighted by atomic mass is 16.5. The fraction of sp³-hybridized carbons (Fsp3) is 0.231. The van der Waals surface area contributed by atoms with Crippen molar-refractivity contribution in [3.8, 4) is 11.6 Å². The van der Waals surface area contributed by atoms with E-state index in [4.69, 9.17) is 4.74 Å². The molecule has 0 aliphatic heterocycles. The molecule has 88 valence electrons. The van der Waals surface area contributed by atoms with Crippen molar-refractivity contribution in [3.63, 3.8) is 0 Å². The Bertz CT molecular complexity index is 500. The first-order valence-electron chi connectivity index (χ1n) is 5.49. The lowest BCUT2D eigenvalue weighted by Gasteiger charge is -2.10. The second-order valence-corrected chi connectivity index (χ2v) is 3.69. The van der Waals surface area contributed by atoms with Crippen LogP contribution in [0.25, 0.3) is 0 Å². The van der Waals surface area contributed by atoms with Crippen molar-refractivity contribution >= 4 is 0 Å². The number of hydrogen-bond acceptors (Lipinski definition) is 4. The second-order valence-electron chi connectivity index (χ2n) is 3.69. The predicted molar refractivity (Wildman–Crippen MR) is 66.0 cm³/mol. The lowest BCUT2D eigenvalue weighted by molar-refractivity contribution is 0.448. The predicted octanol–water partition coefficient (Wildman–Crippen LogP) is 2.30. The van der Waals surface area contributed by atoms with Crippen molar-refractivity contribution in [2.75, 3.05) is 7.05 Å². The van der Waals surface area contributed by atoms with E-state index in [-0.39, 0.29) is 0 Å². The highest BCUT2D eigenvalue weighted by Crippen LogP contribution is 2.24. The summed E-state index contributed by atoms with van der Waals surface area (Å²) in [6.07, 6.45) is 3.28.